The quantitative estimate of drug-likeness (QED) is 0.583. The van der Waals surface area contributed by atoms with Crippen LogP contribution in [0.3, 0.4) is 0 Å². The van der Waals surface area contributed by atoms with E-state index < -0.39 is 0 Å². The number of amides is 2. The summed E-state index contributed by atoms with van der Waals surface area (Å²) in [4.78, 5) is 22.7. The molecule has 0 spiro atoms. The van der Waals surface area contributed by atoms with Crippen LogP contribution in [0.25, 0.3) is 0 Å². The van der Waals surface area contributed by atoms with Gasteiger partial charge in [-0.1, -0.05) is 19.3 Å². The molecular weight excluding hydrogens is 230 g/mol. The Hall–Kier alpha value is -1.10. The van der Waals surface area contributed by atoms with Gasteiger partial charge in [0.1, 0.15) is 0 Å². The molecule has 1 saturated carbocycles. The summed E-state index contributed by atoms with van der Waals surface area (Å²) in [5.74, 6) is -0.198. The van der Waals surface area contributed by atoms with E-state index in [9.17, 15) is 9.59 Å². The number of nitrogens with two attached hydrogens (primary N) is 2. The largest absolute Gasteiger partial charge is 0.370 e. The molecule has 104 valence electrons. The minimum atomic E-state index is -0.345. The lowest BCUT2D eigenvalue weighted by atomic mass is 9.73. The predicted molar refractivity (Wildman–Crippen MR) is 70.6 cm³/mol. The van der Waals surface area contributed by atoms with E-state index in [-0.39, 0.29) is 17.2 Å². The smallest absolute Gasteiger partial charge is 0.227 e. The fourth-order valence-electron chi connectivity index (χ4n) is 2.57. The van der Waals surface area contributed by atoms with Crippen molar-refractivity contribution in [3.8, 4) is 0 Å². The van der Waals surface area contributed by atoms with Gasteiger partial charge in [-0.2, -0.15) is 0 Å². The molecule has 0 bridgehead atoms. The van der Waals surface area contributed by atoms with Crippen LogP contribution in [0.15, 0.2) is 0 Å². The summed E-state index contributed by atoms with van der Waals surface area (Å²) in [7, 11) is 0. The standard InChI is InChI=1S/C13H25N3O2/c14-10-13(7-3-1-4-8-13)12(18)16-9-5-2-6-11(15)17/h1-10,14H2,(H2,15,17)(H,16,18). The third-order valence-electron chi connectivity index (χ3n) is 3.82. The molecule has 0 heterocycles. The van der Waals surface area contributed by atoms with Crippen LogP contribution in [0.2, 0.25) is 0 Å². The van der Waals surface area contributed by atoms with Gasteiger partial charge in [-0.05, 0) is 25.7 Å². The first-order chi connectivity index (χ1) is 8.60. The molecule has 1 aliphatic carbocycles. The maximum absolute atomic E-state index is 12.2. The van der Waals surface area contributed by atoms with Crippen molar-refractivity contribution in [1.29, 1.82) is 0 Å². The summed E-state index contributed by atoms with van der Waals surface area (Å²) < 4.78 is 0. The number of rotatable bonds is 7. The Morgan fingerprint density at radius 3 is 2.33 bits per heavy atom. The van der Waals surface area contributed by atoms with E-state index in [1.165, 1.54) is 6.42 Å². The van der Waals surface area contributed by atoms with Gasteiger partial charge in [-0.25, -0.2) is 0 Å². The number of carbonyl (C=O) groups excluding carboxylic acids is 2. The Morgan fingerprint density at radius 1 is 1.11 bits per heavy atom. The fraction of sp³-hybridized carbons (Fsp3) is 0.846. The Kier molecular flexibility index (Phi) is 6.12. The molecule has 5 heteroatoms. The molecule has 5 N–H and O–H groups in total. The summed E-state index contributed by atoms with van der Waals surface area (Å²) in [6.45, 7) is 1.04. The molecule has 18 heavy (non-hydrogen) atoms. The SMILES string of the molecule is NCC1(C(=O)NCCCCC(N)=O)CCCCC1. The average molecular weight is 255 g/mol. The minimum absolute atomic E-state index is 0.0868. The van der Waals surface area contributed by atoms with Crippen molar-refractivity contribution in [3.63, 3.8) is 0 Å². The topological polar surface area (TPSA) is 98.2 Å². The lowest BCUT2D eigenvalue weighted by molar-refractivity contribution is -0.132. The van der Waals surface area contributed by atoms with Gasteiger partial charge < -0.3 is 16.8 Å². The zero-order valence-corrected chi connectivity index (χ0v) is 11.0. The maximum atomic E-state index is 12.2. The Balaban J connectivity index is 2.27. The van der Waals surface area contributed by atoms with E-state index in [1.54, 1.807) is 0 Å². The number of primary amides is 1. The van der Waals surface area contributed by atoms with Crippen LogP contribution in [-0.4, -0.2) is 24.9 Å². The molecule has 0 aromatic carbocycles. The number of unbranched alkanes of at least 4 members (excludes halogenated alkanes) is 1. The Bertz CT molecular complexity index is 286. The number of nitrogens with one attached hydrogen (secondary N) is 1. The molecular formula is C13H25N3O2. The summed E-state index contributed by atoms with van der Waals surface area (Å²) in [6, 6.07) is 0. The lowest BCUT2D eigenvalue weighted by Crippen LogP contribution is -2.47. The Labute approximate surface area is 109 Å². The van der Waals surface area contributed by atoms with Crippen LogP contribution >= 0.6 is 0 Å². The van der Waals surface area contributed by atoms with Gasteiger partial charge in [0.25, 0.3) is 0 Å². The van der Waals surface area contributed by atoms with E-state index in [0.29, 0.717) is 19.5 Å². The van der Waals surface area contributed by atoms with Gasteiger partial charge in [0.05, 0.1) is 5.41 Å². The van der Waals surface area contributed by atoms with E-state index >= 15 is 0 Å². The second kappa shape index (κ2) is 7.36. The molecule has 0 unspecified atom stereocenters. The van der Waals surface area contributed by atoms with Crippen LogP contribution in [0.5, 0.6) is 0 Å². The van der Waals surface area contributed by atoms with Crippen LogP contribution in [-0.2, 0) is 9.59 Å². The van der Waals surface area contributed by atoms with E-state index in [2.05, 4.69) is 5.32 Å². The number of hydrogen-bond acceptors (Lipinski definition) is 3. The first-order valence-electron chi connectivity index (χ1n) is 6.87. The third-order valence-corrected chi connectivity index (χ3v) is 3.82. The molecule has 1 aliphatic rings. The molecule has 1 rings (SSSR count). The Morgan fingerprint density at radius 2 is 1.78 bits per heavy atom. The highest BCUT2D eigenvalue weighted by molar-refractivity contribution is 5.83. The van der Waals surface area contributed by atoms with Crippen LogP contribution in [0.4, 0.5) is 0 Å². The molecule has 5 nitrogen and oxygen atoms in total. The van der Waals surface area contributed by atoms with Crippen molar-refractivity contribution in [3.05, 3.63) is 0 Å². The van der Waals surface area contributed by atoms with Gasteiger partial charge in [0, 0.05) is 19.5 Å². The molecule has 1 fully saturated rings. The highest BCUT2D eigenvalue weighted by atomic mass is 16.2. The first-order valence-corrected chi connectivity index (χ1v) is 6.87. The van der Waals surface area contributed by atoms with Gasteiger partial charge in [0.15, 0.2) is 0 Å². The second-order valence-corrected chi connectivity index (χ2v) is 5.22. The molecule has 0 aliphatic heterocycles. The van der Waals surface area contributed by atoms with Crippen molar-refractivity contribution in [2.45, 2.75) is 51.4 Å². The molecule has 0 radical (unpaired) electrons. The third kappa shape index (κ3) is 4.29. The maximum Gasteiger partial charge on any atom is 0.227 e. The monoisotopic (exact) mass is 255 g/mol. The number of hydrogen-bond donors (Lipinski definition) is 3. The van der Waals surface area contributed by atoms with Crippen molar-refractivity contribution in [1.82, 2.24) is 5.32 Å². The van der Waals surface area contributed by atoms with Crippen molar-refractivity contribution in [2.24, 2.45) is 16.9 Å². The van der Waals surface area contributed by atoms with E-state index in [0.717, 1.165) is 38.5 Å². The molecule has 0 aromatic heterocycles. The number of carbonyl (C=O) groups is 2. The predicted octanol–water partition coefficient (Wildman–Crippen LogP) is 0.667. The van der Waals surface area contributed by atoms with E-state index in [1.807, 2.05) is 0 Å². The summed E-state index contributed by atoms with van der Waals surface area (Å²) in [5.41, 5.74) is 10.5. The van der Waals surface area contributed by atoms with Gasteiger partial charge in [-0.15, -0.1) is 0 Å². The molecule has 0 aromatic rings. The average Bonchev–Trinajstić information content (AvgIpc) is 2.38. The molecule has 2 amide bonds. The van der Waals surface area contributed by atoms with Gasteiger partial charge >= 0.3 is 0 Å². The van der Waals surface area contributed by atoms with Gasteiger partial charge in [-0.3, -0.25) is 9.59 Å². The van der Waals surface area contributed by atoms with Crippen molar-refractivity contribution >= 4 is 11.8 Å². The normalized spacial score (nSPS) is 18.3. The highest BCUT2D eigenvalue weighted by Crippen LogP contribution is 2.35. The minimum Gasteiger partial charge on any atom is -0.370 e. The van der Waals surface area contributed by atoms with Crippen molar-refractivity contribution < 1.29 is 9.59 Å². The summed E-state index contributed by atoms with van der Waals surface area (Å²) in [5, 5.41) is 2.95. The zero-order valence-electron chi connectivity index (χ0n) is 11.0. The van der Waals surface area contributed by atoms with Crippen molar-refractivity contribution in [2.75, 3.05) is 13.1 Å². The zero-order chi connectivity index (χ0) is 13.4. The summed E-state index contributed by atoms with van der Waals surface area (Å²) >= 11 is 0. The summed E-state index contributed by atoms with van der Waals surface area (Å²) in [6.07, 6.45) is 7.08. The molecule has 0 saturated heterocycles. The van der Waals surface area contributed by atoms with Crippen LogP contribution in [0.1, 0.15) is 51.4 Å². The fourth-order valence-corrected chi connectivity index (χ4v) is 2.57. The van der Waals surface area contributed by atoms with Gasteiger partial charge in [0.2, 0.25) is 11.8 Å². The first kappa shape index (κ1) is 15.0. The van der Waals surface area contributed by atoms with Crippen LogP contribution in [0, 0.1) is 5.41 Å². The van der Waals surface area contributed by atoms with E-state index in [4.69, 9.17) is 11.5 Å². The highest BCUT2D eigenvalue weighted by Gasteiger charge is 2.37. The van der Waals surface area contributed by atoms with Crippen LogP contribution < -0.4 is 16.8 Å². The second-order valence-electron chi connectivity index (χ2n) is 5.22. The molecule has 0 atom stereocenters. The lowest BCUT2D eigenvalue weighted by Gasteiger charge is -2.34.